The van der Waals surface area contributed by atoms with Crippen LogP contribution < -0.4 is 5.32 Å². The minimum absolute atomic E-state index is 0. The summed E-state index contributed by atoms with van der Waals surface area (Å²) < 4.78 is 0. The molecule has 0 saturated carbocycles. The number of carboxylic acid groups (broad SMARTS) is 1. The summed E-state index contributed by atoms with van der Waals surface area (Å²) >= 11 is 0. The summed E-state index contributed by atoms with van der Waals surface area (Å²) in [5.74, 6) is -1.12. The Morgan fingerprint density at radius 2 is 1.54 bits per heavy atom. The van der Waals surface area contributed by atoms with Crippen molar-refractivity contribution in [3.05, 3.63) is 0 Å². The van der Waals surface area contributed by atoms with Crippen LogP contribution in [0.5, 0.6) is 0 Å². The molecule has 7 heteroatoms. The normalized spacial score (nSPS) is 10.7. The van der Waals surface area contributed by atoms with Gasteiger partial charge < -0.3 is 20.4 Å². The predicted octanol–water partition coefficient (Wildman–Crippen LogP) is -3.54. The van der Waals surface area contributed by atoms with Gasteiger partial charge in [-0.2, -0.15) is 0 Å². The second kappa shape index (κ2) is 7.51. The van der Waals surface area contributed by atoms with Crippen LogP contribution in [0.3, 0.4) is 0 Å². The van der Waals surface area contributed by atoms with Crippen LogP contribution in [0, 0.1) is 0 Å². The Kier molecular flexibility index (Phi) is 8.99. The van der Waals surface area contributed by atoms with Gasteiger partial charge in [0.1, 0.15) is 0 Å². The van der Waals surface area contributed by atoms with E-state index in [0.29, 0.717) is 0 Å². The number of carbonyl (C=O) groups is 1. The minimum atomic E-state index is -1.31. The quantitative estimate of drug-likeness (QED) is 0.325. The Hall–Kier alpha value is 0.109. The standard InChI is InChI=1S/C6H13NO5.Sn.2H/c8-2-6(3-9,4-10)7-1-5(11)12;;;/h7-10H,1-4H2,(H,11,12);;;. The van der Waals surface area contributed by atoms with Crippen molar-refractivity contribution in [2.24, 2.45) is 0 Å². The fourth-order valence-electron chi connectivity index (χ4n) is 0.581. The number of hydrogen-bond acceptors (Lipinski definition) is 5. The zero-order chi connectivity index (χ0) is 9.61. The Morgan fingerprint density at radius 3 is 1.77 bits per heavy atom. The van der Waals surface area contributed by atoms with E-state index < -0.39 is 37.9 Å². The van der Waals surface area contributed by atoms with E-state index in [-0.39, 0.29) is 23.9 Å². The molecule has 6 nitrogen and oxygen atoms in total. The fraction of sp³-hybridized carbons (Fsp3) is 0.833. The van der Waals surface area contributed by atoms with Crippen LogP contribution in [0.2, 0.25) is 0 Å². The average Bonchev–Trinajstić information content (AvgIpc) is 2.08. The van der Waals surface area contributed by atoms with Gasteiger partial charge in [0.25, 0.3) is 0 Å². The molecule has 0 atom stereocenters. The van der Waals surface area contributed by atoms with Crippen molar-refractivity contribution < 1.29 is 25.2 Å². The van der Waals surface area contributed by atoms with E-state index in [1.807, 2.05) is 0 Å². The van der Waals surface area contributed by atoms with Gasteiger partial charge in [-0.3, -0.25) is 10.1 Å². The Labute approximate surface area is 92.5 Å². The SMILES string of the molecule is O=C(O)CNC(CO)(CO)CO.[SnH2]. The number of rotatable bonds is 6. The second-order valence-electron chi connectivity index (χ2n) is 2.50. The van der Waals surface area contributed by atoms with Gasteiger partial charge in [0, 0.05) is 0 Å². The molecule has 0 bridgehead atoms. The van der Waals surface area contributed by atoms with E-state index in [1.165, 1.54) is 0 Å². The maximum atomic E-state index is 10.1. The summed E-state index contributed by atoms with van der Waals surface area (Å²) in [6, 6.07) is 0. The molecule has 0 amide bonds. The molecule has 0 heterocycles. The van der Waals surface area contributed by atoms with Gasteiger partial charge in [-0.05, 0) is 0 Å². The van der Waals surface area contributed by atoms with Gasteiger partial charge in [-0.1, -0.05) is 0 Å². The number of aliphatic hydroxyl groups excluding tert-OH is 3. The van der Waals surface area contributed by atoms with Gasteiger partial charge in [-0.25, -0.2) is 0 Å². The van der Waals surface area contributed by atoms with Gasteiger partial charge in [0.05, 0.1) is 31.9 Å². The molecule has 0 aliphatic heterocycles. The van der Waals surface area contributed by atoms with Crippen LogP contribution in [-0.4, -0.2) is 82.2 Å². The van der Waals surface area contributed by atoms with Crippen molar-refractivity contribution in [3.8, 4) is 0 Å². The monoisotopic (exact) mass is 301 g/mol. The molecule has 0 spiro atoms. The maximum absolute atomic E-state index is 10.1. The van der Waals surface area contributed by atoms with Crippen molar-refractivity contribution in [1.29, 1.82) is 0 Å². The summed E-state index contributed by atoms with van der Waals surface area (Å²) in [6.07, 6.45) is 0. The van der Waals surface area contributed by atoms with Crippen molar-refractivity contribution in [3.63, 3.8) is 0 Å². The molecular weight excluding hydrogens is 285 g/mol. The average molecular weight is 300 g/mol. The van der Waals surface area contributed by atoms with Crippen LogP contribution in [-0.2, 0) is 4.79 Å². The first-order chi connectivity index (χ1) is 5.60. The van der Waals surface area contributed by atoms with Crippen LogP contribution >= 0.6 is 0 Å². The number of carboxylic acids is 1. The zero-order valence-electron chi connectivity index (χ0n) is 7.23. The molecule has 13 heavy (non-hydrogen) atoms. The molecule has 0 unspecified atom stereocenters. The van der Waals surface area contributed by atoms with E-state index in [0.717, 1.165) is 0 Å². The van der Waals surface area contributed by atoms with E-state index in [9.17, 15) is 4.79 Å². The molecule has 0 aromatic heterocycles. The van der Waals surface area contributed by atoms with Crippen molar-refractivity contribution >= 4 is 29.9 Å². The number of hydrogen-bond donors (Lipinski definition) is 5. The zero-order valence-corrected chi connectivity index (χ0v) is 11.3. The Bertz CT molecular complexity index is 142. The number of nitrogens with one attached hydrogen (secondary N) is 1. The predicted molar refractivity (Wildman–Crippen MR) is 48.2 cm³/mol. The van der Waals surface area contributed by atoms with Crippen LogP contribution in [0.25, 0.3) is 0 Å². The van der Waals surface area contributed by atoms with Crippen molar-refractivity contribution in [1.82, 2.24) is 5.32 Å². The van der Waals surface area contributed by atoms with Gasteiger partial charge in [-0.15, -0.1) is 0 Å². The molecule has 2 radical (unpaired) electrons. The first-order valence-electron chi connectivity index (χ1n) is 3.39. The van der Waals surface area contributed by atoms with Crippen molar-refractivity contribution in [2.45, 2.75) is 5.54 Å². The van der Waals surface area contributed by atoms with Crippen LogP contribution in [0.15, 0.2) is 0 Å². The summed E-state index contributed by atoms with van der Waals surface area (Å²) in [4.78, 5) is 10.1. The van der Waals surface area contributed by atoms with E-state index in [2.05, 4.69) is 5.32 Å². The topological polar surface area (TPSA) is 110 Å². The first-order valence-corrected chi connectivity index (χ1v) is 3.39. The third-order valence-electron chi connectivity index (χ3n) is 1.52. The molecule has 78 valence electrons. The molecule has 0 aromatic carbocycles. The molecule has 0 aromatic rings. The summed E-state index contributed by atoms with van der Waals surface area (Å²) in [6.45, 7) is -1.98. The summed E-state index contributed by atoms with van der Waals surface area (Å²) in [5.41, 5.74) is -1.31. The molecule has 0 fully saturated rings. The number of aliphatic carboxylic acids is 1. The van der Waals surface area contributed by atoms with Gasteiger partial charge >= 0.3 is 29.9 Å². The Balaban J connectivity index is 0. The molecule has 0 aliphatic rings. The van der Waals surface area contributed by atoms with Gasteiger partial charge in [0.2, 0.25) is 0 Å². The number of aliphatic hydroxyl groups is 3. The summed E-state index contributed by atoms with van der Waals surface area (Å²) in [5, 5.41) is 36.7. The third-order valence-corrected chi connectivity index (χ3v) is 1.52. The molecule has 0 aliphatic carbocycles. The van der Waals surface area contributed by atoms with Crippen molar-refractivity contribution in [2.75, 3.05) is 26.4 Å². The Morgan fingerprint density at radius 1 is 1.15 bits per heavy atom. The van der Waals surface area contributed by atoms with Crippen LogP contribution in [0.1, 0.15) is 0 Å². The fourth-order valence-corrected chi connectivity index (χ4v) is 0.581. The molecule has 0 rings (SSSR count). The molecule has 0 saturated heterocycles. The van der Waals surface area contributed by atoms with Gasteiger partial charge in [0.15, 0.2) is 0 Å². The third kappa shape index (κ3) is 5.42. The van der Waals surface area contributed by atoms with Crippen LogP contribution in [0.4, 0.5) is 0 Å². The van der Waals surface area contributed by atoms with E-state index in [1.54, 1.807) is 0 Å². The summed E-state index contributed by atoms with van der Waals surface area (Å²) in [7, 11) is 0. The molecule has 5 N–H and O–H groups in total. The molecular formula is C6H15NO5Sn. The first kappa shape index (κ1) is 15.6. The van der Waals surface area contributed by atoms with E-state index in [4.69, 9.17) is 20.4 Å². The van der Waals surface area contributed by atoms with E-state index >= 15 is 0 Å². The second-order valence-corrected chi connectivity index (χ2v) is 2.50.